The van der Waals surface area contributed by atoms with Gasteiger partial charge in [-0.2, -0.15) is 15.5 Å². The van der Waals surface area contributed by atoms with Crippen molar-refractivity contribution in [1.29, 1.82) is 5.26 Å². The van der Waals surface area contributed by atoms with E-state index in [4.69, 9.17) is 0 Å². The van der Waals surface area contributed by atoms with E-state index in [1.54, 1.807) is 17.6 Å². The molecule has 0 unspecified atom stereocenters. The fourth-order valence-electron chi connectivity index (χ4n) is 4.80. The second-order valence-corrected chi connectivity index (χ2v) is 9.92. The quantitative estimate of drug-likeness (QED) is 0.416. The number of amides is 1. The van der Waals surface area contributed by atoms with Gasteiger partial charge in [-0.1, -0.05) is 11.8 Å². The number of hydrogen-bond donors (Lipinski definition) is 1. The molecule has 0 bridgehead atoms. The fourth-order valence-corrected chi connectivity index (χ4v) is 5.76. The second-order valence-electron chi connectivity index (χ2n) is 8.89. The molecule has 1 saturated carbocycles. The van der Waals surface area contributed by atoms with E-state index in [-0.39, 0.29) is 23.0 Å². The van der Waals surface area contributed by atoms with Gasteiger partial charge in [0.2, 0.25) is 5.91 Å². The third-order valence-electron chi connectivity index (χ3n) is 6.48. The van der Waals surface area contributed by atoms with Gasteiger partial charge in [-0.25, -0.2) is 18.3 Å². The Balaban J connectivity index is 1.49. The lowest BCUT2D eigenvalue weighted by Gasteiger charge is -2.29. The number of nitrogens with one attached hydrogen (secondary N) is 1. The van der Waals surface area contributed by atoms with Gasteiger partial charge < -0.3 is 5.32 Å². The summed E-state index contributed by atoms with van der Waals surface area (Å²) >= 11 is 1.01. The molecule has 184 valence electrons. The summed E-state index contributed by atoms with van der Waals surface area (Å²) in [6.07, 6.45) is 9.65. The van der Waals surface area contributed by atoms with Gasteiger partial charge in [-0.05, 0) is 38.7 Å². The van der Waals surface area contributed by atoms with Crippen molar-refractivity contribution < 1.29 is 13.6 Å². The Morgan fingerprint density at radius 3 is 2.64 bits per heavy atom. The largest absolute Gasteiger partial charge is 0.354 e. The number of hydrogen-bond acceptors (Lipinski definition) is 6. The number of carbonyl (C=O) groups excluding carboxylic acids is 1. The topological polar surface area (TPSA) is 101 Å². The second kappa shape index (κ2) is 9.70. The van der Waals surface area contributed by atoms with E-state index in [0.717, 1.165) is 66.5 Å². The van der Waals surface area contributed by atoms with Gasteiger partial charge in [0, 0.05) is 46.9 Å². The Bertz CT molecular complexity index is 1500. The molecule has 1 N–H and O–H groups in total. The van der Waals surface area contributed by atoms with Crippen LogP contribution in [0.5, 0.6) is 0 Å². The average Bonchev–Trinajstić information content (AvgIpc) is 3.44. The molecule has 0 spiro atoms. The molecule has 0 aromatic carbocycles. The maximum atomic E-state index is 14.4. The maximum absolute atomic E-state index is 14.4. The number of aromatic nitrogens is 5. The Hall–Kier alpha value is -3.78. The number of pyridine rings is 2. The summed E-state index contributed by atoms with van der Waals surface area (Å²) in [6, 6.07) is 5.19. The maximum Gasteiger partial charge on any atom is 0.217 e. The first-order valence-corrected chi connectivity index (χ1v) is 12.4. The van der Waals surface area contributed by atoms with Crippen LogP contribution in [-0.4, -0.2) is 36.3 Å². The van der Waals surface area contributed by atoms with E-state index >= 15 is 0 Å². The van der Waals surface area contributed by atoms with Crippen LogP contribution in [0, 0.1) is 29.9 Å². The van der Waals surface area contributed by atoms with Crippen LogP contribution >= 0.6 is 11.8 Å². The molecule has 5 rings (SSSR count). The third-order valence-corrected chi connectivity index (χ3v) is 7.51. The molecule has 1 amide bonds. The number of carbonyl (C=O) groups is 1. The molecule has 1 fully saturated rings. The lowest BCUT2D eigenvalue weighted by Crippen LogP contribution is -2.36. The van der Waals surface area contributed by atoms with Gasteiger partial charge in [0.15, 0.2) is 5.82 Å². The third kappa shape index (κ3) is 4.56. The summed E-state index contributed by atoms with van der Waals surface area (Å²) in [7, 11) is 0. The Kier molecular flexibility index (Phi) is 6.45. The first-order chi connectivity index (χ1) is 17.3. The highest BCUT2D eigenvalue weighted by molar-refractivity contribution is 7.99. The molecular weight excluding hydrogens is 484 g/mol. The predicted molar refractivity (Wildman–Crippen MR) is 129 cm³/mol. The molecular formula is C25H23F2N7OS. The summed E-state index contributed by atoms with van der Waals surface area (Å²) in [5.41, 5.74) is 3.54. The van der Waals surface area contributed by atoms with E-state index in [0.29, 0.717) is 16.0 Å². The van der Waals surface area contributed by atoms with Crippen LogP contribution in [0.1, 0.15) is 49.9 Å². The van der Waals surface area contributed by atoms with Crippen LogP contribution in [0.2, 0.25) is 0 Å². The van der Waals surface area contributed by atoms with Crippen LogP contribution in [0.3, 0.4) is 0 Å². The zero-order valence-corrected chi connectivity index (χ0v) is 20.5. The molecule has 4 aromatic rings. The molecule has 36 heavy (non-hydrogen) atoms. The van der Waals surface area contributed by atoms with Crippen LogP contribution in [-0.2, 0) is 4.79 Å². The highest BCUT2D eigenvalue weighted by Gasteiger charge is 2.25. The Morgan fingerprint density at radius 2 is 1.94 bits per heavy atom. The zero-order valence-electron chi connectivity index (χ0n) is 19.7. The lowest BCUT2D eigenvalue weighted by molar-refractivity contribution is -0.119. The van der Waals surface area contributed by atoms with Crippen LogP contribution < -0.4 is 5.32 Å². The van der Waals surface area contributed by atoms with E-state index in [1.807, 2.05) is 23.9 Å². The average molecular weight is 508 g/mol. The number of nitrogens with zero attached hydrogens (tertiary/aromatic N) is 6. The van der Waals surface area contributed by atoms with E-state index < -0.39 is 11.6 Å². The fraction of sp³-hybridized carbons (Fsp3) is 0.320. The summed E-state index contributed by atoms with van der Waals surface area (Å²) in [6.45, 7) is 3.54. The molecule has 0 saturated heterocycles. The predicted octanol–water partition coefficient (Wildman–Crippen LogP) is 4.82. The summed E-state index contributed by atoms with van der Waals surface area (Å²) in [4.78, 5) is 15.8. The standard InChI is InChI=1S/C25H23F2N7OS/c1-14-21(12-31-34(14)20-5-3-19(4-6-20)32-15(2)35)16-7-23(24-17(9-28)10-30-33(24)13-16)36-25-22(27)8-18(26)11-29-25/h7-8,10-13,19-20H,3-6H2,1-2H3,(H,32,35). The van der Waals surface area contributed by atoms with Crippen molar-refractivity contribution >= 4 is 23.2 Å². The monoisotopic (exact) mass is 507 g/mol. The highest BCUT2D eigenvalue weighted by atomic mass is 32.2. The minimum atomic E-state index is -0.777. The van der Waals surface area contributed by atoms with Gasteiger partial charge in [-0.15, -0.1) is 0 Å². The molecule has 1 aliphatic rings. The Labute approximate surface area is 210 Å². The van der Waals surface area contributed by atoms with Gasteiger partial charge in [0.25, 0.3) is 0 Å². The van der Waals surface area contributed by atoms with Crippen LogP contribution in [0.25, 0.3) is 16.6 Å². The lowest BCUT2D eigenvalue weighted by atomic mass is 9.91. The summed E-state index contributed by atoms with van der Waals surface area (Å²) in [5.74, 6) is -1.54. The minimum Gasteiger partial charge on any atom is -0.354 e. The molecule has 11 heteroatoms. The van der Waals surface area contributed by atoms with Gasteiger partial charge in [-0.3, -0.25) is 9.48 Å². The SMILES string of the molecule is CC(=O)NC1CCC(n2ncc(-c3cc(Sc4ncc(F)cc4F)c4c(C#N)cnn4c3)c2C)CC1. The Morgan fingerprint density at radius 1 is 1.17 bits per heavy atom. The van der Waals surface area contributed by atoms with E-state index in [9.17, 15) is 18.8 Å². The van der Waals surface area contributed by atoms with Crippen molar-refractivity contribution in [2.24, 2.45) is 0 Å². The van der Waals surface area contributed by atoms with Crippen molar-refractivity contribution in [3.8, 4) is 17.2 Å². The van der Waals surface area contributed by atoms with Gasteiger partial charge >= 0.3 is 0 Å². The molecule has 1 aliphatic carbocycles. The minimum absolute atomic E-state index is 0.00360. The molecule has 4 heterocycles. The normalized spacial score (nSPS) is 17.8. The van der Waals surface area contributed by atoms with Crippen molar-refractivity contribution in [2.45, 2.75) is 61.5 Å². The summed E-state index contributed by atoms with van der Waals surface area (Å²) in [5, 5.41) is 21.6. The van der Waals surface area contributed by atoms with Crippen molar-refractivity contribution in [1.82, 2.24) is 29.7 Å². The van der Waals surface area contributed by atoms with Gasteiger partial charge in [0.05, 0.1) is 35.7 Å². The smallest absolute Gasteiger partial charge is 0.217 e. The summed E-state index contributed by atoms with van der Waals surface area (Å²) < 4.78 is 31.4. The number of rotatable bonds is 5. The zero-order chi connectivity index (χ0) is 25.4. The molecule has 8 nitrogen and oxygen atoms in total. The first-order valence-electron chi connectivity index (χ1n) is 11.6. The van der Waals surface area contributed by atoms with Gasteiger partial charge in [0.1, 0.15) is 16.9 Å². The molecule has 0 atom stereocenters. The molecule has 4 aromatic heterocycles. The van der Waals surface area contributed by atoms with Crippen molar-refractivity contribution in [2.75, 3.05) is 0 Å². The number of halogens is 2. The molecule has 0 aliphatic heterocycles. The highest BCUT2D eigenvalue weighted by Crippen LogP contribution is 2.38. The van der Waals surface area contributed by atoms with Crippen LogP contribution in [0.4, 0.5) is 8.78 Å². The number of fused-ring (bicyclic) bond motifs is 1. The molecule has 0 radical (unpaired) electrons. The van der Waals surface area contributed by atoms with E-state index in [2.05, 4.69) is 26.6 Å². The van der Waals surface area contributed by atoms with Crippen molar-refractivity contribution in [3.63, 3.8) is 0 Å². The van der Waals surface area contributed by atoms with Crippen molar-refractivity contribution in [3.05, 3.63) is 59.8 Å². The first kappa shape index (κ1) is 23.9. The van der Waals surface area contributed by atoms with E-state index in [1.165, 1.54) is 6.20 Å². The number of nitriles is 1. The van der Waals surface area contributed by atoms with Crippen LogP contribution in [0.15, 0.2) is 46.8 Å².